The zero-order valence-corrected chi connectivity index (χ0v) is 18.6. The summed E-state index contributed by atoms with van der Waals surface area (Å²) >= 11 is 0. The standard InChI is InChI=1S/C25H30N2O5/c1-3-30-23-14-19-13-17(2)32-22(19)15-21(23)26-25(29)18-9-11-27(12-10-18)24(28)16-31-20-7-5-4-6-8-20/h4-8,14-15,17-18H,3,9-13,16H2,1-2H3,(H,26,29). The number of rotatable bonds is 7. The Hall–Kier alpha value is -3.22. The monoisotopic (exact) mass is 438 g/mol. The van der Waals surface area contributed by atoms with Gasteiger partial charge in [-0.3, -0.25) is 9.59 Å². The lowest BCUT2D eigenvalue weighted by Crippen LogP contribution is -2.43. The molecule has 0 saturated carbocycles. The highest BCUT2D eigenvalue weighted by molar-refractivity contribution is 5.94. The topological polar surface area (TPSA) is 77.1 Å². The van der Waals surface area contributed by atoms with E-state index in [1.54, 1.807) is 4.90 Å². The van der Waals surface area contributed by atoms with Gasteiger partial charge in [-0.2, -0.15) is 0 Å². The normalized spacial score (nSPS) is 17.9. The van der Waals surface area contributed by atoms with E-state index in [1.807, 2.05) is 56.3 Å². The van der Waals surface area contributed by atoms with Crippen LogP contribution in [0.1, 0.15) is 32.3 Å². The van der Waals surface area contributed by atoms with E-state index in [0.717, 1.165) is 17.7 Å². The van der Waals surface area contributed by atoms with Crippen molar-refractivity contribution >= 4 is 17.5 Å². The fourth-order valence-corrected chi connectivity index (χ4v) is 4.19. The van der Waals surface area contributed by atoms with Crippen molar-refractivity contribution in [1.82, 2.24) is 4.90 Å². The first kappa shape index (κ1) is 22.0. The van der Waals surface area contributed by atoms with Crippen LogP contribution >= 0.6 is 0 Å². The second-order valence-corrected chi connectivity index (χ2v) is 8.27. The number of carbonyl (C=O) groups excluding carboxylic acids is 2. The number of benzene rings is 2. The maximum Gasteiger partial charge on any atom is 0.260 e. The highest BCUT2D eigenvalue weighted by Crippen LogP contribution is 2.38. The molecule has 170 valence electrons. The molecule has 0 aliphatic carbocycles. The van der Waals surface area contributed by atoms with Gasteiger partial charge in [-0.15, -0.1) is 0 Å². The van der Waals surface area contributed by atoms with Crippen molar-refractivity contribution in [2.24, 2.45) is 5.92 Å². The average Bonchev–Trinajstić information content (AvgIpc) is 3.17. The summed E-state index contributed by atoms with van der Waals surface area (Å²) in [6.45, 7) is 5.55. The molecule has 1 unspecified atom stereocenters. The van der Waals surface area contributed by atoms with Gasteiger partial charge in [0.15, 0.2) is 6.61 Å². The molecule has 2 heterocycles. The molecule has 2 amide bonds. The van der Waals surface area contributed by atoms with E-state index in [1.165, 1.54) is 0 Å². The van der Waals surface area contributed by atoms with E-state index in [2.05, 4.69) is 5.32 Å². The summed E-state index contributed by atoms with van der Waals surface area (Å²) in [5.41, 5.74) is 1.74. The van der Waals surface area contributed by atoms with Crippen molar-refractivity contribution < 1.29 is 23.8 Å². The third-order valence-corrected chi connectivity index (χ3v) is 5.88. The molecule has 2 aliphatic heterocycles. The highest BCUT2D eigenvalue weighted by atomic mass is 16.5. The summed E-state index contributed by atoms with van der Waals surface area (Å²) in [4.78, 5) is 27.2. The predicted octanol–water partition coefficient (Wildman–Crippen LogP) is 3.66. The number of amides is 2. The number of anilines is 1. The molecule has 1 fully saturated rings. The van der Waals surface area contributed by atoms with Crippen molar-refractivity contribution in [2.45, 2.75) is 39.2 Å². The fourth-order valence-electron chi connectivity index (χ4n) is 4.19. The lowest BCUT2D eigenvalue weighted by molar-refractivity contribution is -0.136. The number of para-hydroxylation sites is 1. The van der Waals surface area contributed by atoms with Crippen LogP contribution in [0, 0.1) is 5.92 Å². The van der Waals surface area contributed by atoms with Gasteiger partial charge in [0, 0.05) is 37.1 Å². The molecule has 0 aromatic heterocycles. The zero-order valence-electron chi connectivity index (χ0n) is 18.6. The molecule has 2 aromatic rings. The number of piperidine rings is 1. The Morgan fingerprint density at radius 1 is 1.12 bits per heavy atom. The summed E-state index contributed by atoms with van der Waals surface area (Å²) < 4.78 is 17.2. The molecule has 2 aliphatic rings. The predicted molar refractivity (Wildman–Crippen MR) is 121 cm³/mol. The molecule has 0 spiro atoms. The summed E-state index contributed by atoms with van der Waals surface area (Å²) in [6, 6.07) is 13.1. The van der Waals surface area contributed by atoms with Crippen LogP contribution in [0.4, 0.5) is 5.69 Å². The fraction of sp³-hybridized carbons (Fsp3) is 0.440. The second kappa shape index (κ2) is 9.94. The largest absolute Gasteiger partial charge is 0.492 e. The maximum absolute atomic E-state index is 12.9. The van der Waals surface area contributed by atoms with Crippen molar-refractivity contribution in [3.05, 3.63) is 48.0 Å². The summed E-state index contributed by atoms with van der Waals surface area (Å²) in [5.74, 6) is 1.88. The lowest BCUT2D eigenvalue weighted by atomic mass is 9.95. The van der Waals surface area contributed by atoms with Crippen LogP contribution in [0.5, 0.6) is 17.2 Å². The molecule has 1 saturated heterocycles. The summed E-state index contributed by atoms with van der Waals surface area (Å²) in [6.07, 6.45) is 2.19. The number of carbonyl (C=O) groups is 2. The van der Waals surface area contributed by atoms with Crippen LogP contribution < -0.4 is 19.5 Å². The Morgan fingerprint density at radius 3 is 2.59 bits per heavy atom. The van der Waals surface area contributed by atoms with Gasteiger partial charge >= 0.3 is 0 Å². The quantitative estimate of drug-likeness (QED) is 0.714. The molecule has 0 bridgehead atoms. The molecule has 4 rings (SSSR count). The smallest absolute Gasteiger partial charge is 0.260 e. The van der Waals surface area contributed by atoms with Crippen LogP contribution in [0.15, 0.2) is 42.5 Å². The van der Waals surface area contributed by atoms with Gasteiger partial charge in [-0.1, -0.05) is 18.2 Å². The molecular weight excluding hydrogens is 408 g/mol. The molecule has 1 N–H and O–H groups in total. The van der Waals surface area contributed by atoms with Crippen LogP contribution in [0.2, 0.25) is 0 Å². The van der Waals surface area contributed by atoms with Gasteiger partial charge in [0.1, 0.15) is 23.4 Å². The minimum Gasteiger partial charge on any atom is -0.492 e. The Morgan fingerprint density at radius 2 is 1.88 bits per heavy atom. The third-order valence-electron chi connectivity index (χ3n) is 5.88. The Kier molecular flexibility index (Phi) is 6.83. The average molecular weight is 439 g/mol. The van der Waals surface area contributed by atoms with Gasteiger partial charge < -0.3 is 24.4 Å². The van der Waals surface area contributed by atoms with Crippen LogP contribution in [0.3, 0.4) is 0 Å². The molecule has 7 nitrogen and oxygen atoms in total. The van der Waals surface area contributed by atoms with Crippen LogP contribution in [-0.4, -0.2) is 49.1 Å². The number of hydrogen-bond acceptors (Lipinski definition) is 5. The molecular formula is C25H30N2O5. The van der Waals surface area contributed by atoms with E-state index in [4.69, 9.17) is 14.2 Å². The van der Waals surface area contributed by atoms with Crippen LogP contribution in [-0.2, 0) is 16.0 Å². The van der Waals surface area contributed by atoms with Gasteiger partial charge in [-0.05, 0) is 44.9 Å². The van der Waals surface area contributed by atoms with Crippen molar-refractivity contribution in [3.8, 4) is 17.2 Å². The van der Waals surface area contributed by atoms with E-state index < -0.39 is 0 Å². The van der Waals surface area contributed by atoms with E-state index in [9.17, 15) is 9.59 Å². The maximum atomic E-state index is 12.9. The third kappa shape index (κ3) is 5.15. The minimum absolute atomic E-state index is 0.00609. The molecule has 7 heteroatoms. The van der Waals surface area contributed by atoms with Crippen molar-refractivity contribution in [1.29, 1.82) is 0 Å². The van der Waals surface area contributed by atoms with Crippen molar-refractivity contribution in [2.75, 3.05) is 31.6 Å². The Balaban J connectivity index is 1.31. The second-order valence-electron chi connectivity index (χ2n) is 8.27. The van der Waals surface area contributed by atoms with Gasteiger partial charge in [0.25, 0.3) is 5.91 Å². The Bertz CT molecular complexity index is 954. The lowest BCUT2D eigenvalue weighted by Gasteiger charge is -2.31. The number of fused-ring (bicyclic) bond motifs is 1. The van der Waals surface area contributed by atoms with Crippen LogP contribution in [0.25, 0.3) is 0 Å². The first-order valence-corrected chi connectivity index (χ1v) is 11.3. The molecule has 1 atom stereocenters. The summed E-state index contributed by atoms with van der Waals surface area (Å²) in [5, 5.41) is 3.03. The number of ether oxygens (including phenoxy) is 3. The van der Waals surface area contributed by atoms with Gasteiger partial charge in [0.2, 0.25) is 5.91 Å². The number of hydrogen-bond donors (Lipinski definition) is 1. The molecule has 32 heavy (non-hydrogen) atoms. The number of nitrogens with one attached hydrogen (secondary N) is 1. The first-order chi connectivity index (χ1) is 15.5. The van der Waals surface area contributed by atoms with Gasteiger partial charge in [0.05, 0.1) is 12.3 Å². The van der Waals surface area contributed by atoms with E-state index in [0.29, 0.717) is 49.7 Å². The van der Waals surface area contributed by atoms with Gasteiger partial charge in [-0.25, -0.2) is 0 Å². The van der Waals surface area contributed by atoms with E-state index in [-0.39, 0.29) is 30.4 Å². The minimum atomic E-state index is -0.156. The molecule has 0 radical (unpaired) electrons. The highest BCUT2D eigenvalue weighted by Gasteiger charge is 2.29. The SMILES string of the molecule is CCOc1cc2c(cc1NC(=O)C1CCN(C(=O)COc3ccccc3)CC1)OC(C)C2. The van der Waals surface area contributed by atoms with Crippen molar-refractivity contribution in [3.63, 3.8) is 0 Å². The Labute approximate surface area is 188 Å². The number of likely N-dealkylation sites (tertiary alicyclic amines) is 1. The number of nitrogens with zero attached hydrogens (tertiary/aromatic N) is 1. The van der Waals surface area contributed by atoms with E-state index >= 15 is 0 Å². The summed E-state index contributed by atoms with van der Waals surface area (Å²) in [7, 11) is 0. The first-order valence-electron chi connectivity index (χ1n) is 11.3. The zero-order chi connectivity index (χ0) is 22.5. The molecule has 2 aromatic carbocycles.